The molecule has 2 unspecified atom stereocenters. The predicted octanol–water partition coefficient (Wildman–Crippen LogP) is 5.04. The minimum atomic E-state index is -0.986. The van der Waals surface area contributed by atoms with Crippen LogP contribution in [0.1, 0.15) is 57.3 Å². The standard InChI is InChI=1S/C18H18ClNO3S/c1-9-3-8-13-14(10(9)2)15(18(22)23)17(24-13)20-16(21)11-4-6-12(19)7-5-11/h4-7,9-10H,3,8H2,1-2H3,(H,20,21)(H,22,23). The fraction of sp³-hybridized carbons (Fsp3) is 0.333. The second-order valence-corrected chi connectivity index (χ2v) is 7.76. The summed E-state index contributed by atoms with van der Waals surface area (Å²) >= 11 is 7.22. The number of halogens is 1. The van der Waals surface area contributed by atoms with Crippen molar-refractivity contribution in [3.05, 3.63) is 50.9 Å². The number of aryl methyl sites for hydroxylation is 1. The maximum absolute atomic E-state index is 12.4. The molecule has 4 nitrogen and oxygen atoms in total. The maximum atomic E-state index is 12.4. The molecule has 1 heterocycles. The van der Waals surface area contributed by atoms with Gasteiger partial charge in [-0.1, -0.05) is 25.4 Å². The van der Waals surface area contributed by atoms with Gasteiger partial charge in [-0.25, -0.2) is 4.79 Å². The van der Waals surface area contributed by atoms with Gasteiger partial charge in [0.1, 0.15) is 5.00 Å². The number of nitrogens with one attached hydrogen (secondary N) is 1. The predicted molar refractivity (Wildman–Crippen MR) is 96.6 cm³/mol. The van der Waals surface area contributed by atoms with Gasteiger partial charge in [0.25, 0.3) is 5.91 Å². The molecule has 1 amide bonds. The number of anilines is 1. The lowest BCUT2D eigenvalue weighted by Gasteiger charge is -2.26. The summed E-state index contributed by atoms with van der Waals surface area (Å²) in [6, 6.07) is 6.52. The van der Waals surface area contributed by atoms with Crippen molar-refractivity contribution in [2.45, 2.75) is 32.6 Å². The van der Waals surface area contributed by atoms with E-state index in [4.69, 9.17) is 11.6 Å². The van der Waals surface area contributed by atoms with Gasteiger partial charge in [0.2, 0.25) is 0 Å². The molecule has 0 fully saturated rings. The molecule has 0 bridgehead atoms. The van der Waals surface area contributed by atoms with Crippen LogP contribution in [0, 0.1) is 5.92 Å². The molecule has 1 aromatic heterocycles. The molecule has 2 N–H and O–H groups in total. The van der Waals surface area contributed by atoms with Gasteiger partial charge in [0, 0.05) is 15.5 Å². The van der Waals surface area contributed by atoms with Crippen LogP contribution in [-0.4, -0.2) is 17.0 Å². The molecule has 0 aliphatic heterocycles. The Bertz CT molecular complexity index is 797. The smallest absolute Gasteiger partial charge is 0.339 e. The van der Waals surface area contributed by atoms with E-state index in [9.17, 15) is 14.7 Å². The summed E-state index contributed by atoms with van der Waals surface area (Å²) < 4.78 is 0. The Balaban J connectivity index is 1.96. The lowest BCUT2D eigenvalue weighted by Crippen LogP contribution is -2.18. The van der Waals surface area contributed by atoms with Crippen LogP contribution in [0.2, 0.25) is 5.02 Å². The number of amides is 1. The number of carboxylic acid groups (broad SMARTS) is 1. The first-order valence-electron chi connectivity index (χ1n) is 7.84. The van der Waals surface area contributed by atoms with E-state index >= 15 is 0 Å². The van der Waals surface area contributed by atoms with E-state index in [1.807, 2.05) is 0 Å². The first-order chi connectivity index (χ1) is 11.4. The second-order valence-electron chi connectivity index (χ2n) is 6.21. The van der Waals surface area contributed by atoms with Gasteiger partial charge in [0.05, 0.1) is 5.56 Å². The summed E-state index contributed by atoms with van der Waals surface area (Å²) in [6.07, 6.45) is 1.90. The summed E-state index contributed by atoms with van der Waals surface area (Å²) in [4.78, 5) is 25.3. The van der Waals surface area contributed by atoms with Crippen LogP contribution in [0.15, 0.2) is 24.3 Å². The molecule has 0 saturated heterocycles. The van der Waals surface area contributed by atoms with E-state index in [2.05, 4.69) is 19.2 Å². The molecule has 2 aromatic rings. The minimum Gasteiger partial charge on any atom is -0.478 e. The molecule has 1 aromatic carbocycles. The van der Waals surface area contributed by atoms with Gasteiger partial charge in [-0.05, 0) is 54.5 Å². The molecule has 126 valence electrons. The monoisotopic (exact) mass is 363 g/mol. The van der Waals surface area contributed by atoms with Crippen molar-refractivity contribution in [2.24, 2.45) is 5.92 Å². The van der Waals surface area contributed by atoms with Crippen molar-refractivity contribution in [1.29, 1.82) is 0 Å². The minimum absolute atomic E-state index is 0.178. The van der Waals surface area contributed by atoms with Crippen LogP contribution in [0.4, 0.5) is 5.00 Å². The molecule has 24 heavy (non-hydrogen) atoms. The van der Waals surface area contributed by atoms with Crippen molar-refractivity contribution in [2.75, 3.05) is 5.32 Å². The van der Waals surface area contributed by atoms with Gasteiger partial charge >= 0.3 is 5.97 Å². The van der Waals surface area contributed by atoms with E-state index in [0.29, 0.717) is 21.5 Å². The first-order valence-corrected chi connectivity index (χ1v) is 9.03. The Kier molecular flexibility index (Phi) is 4.65. The van der Waals surface area contributed by atoms with Gasteiger partial charge in [-0.3, -0.25) is 4.79 Å². The zero-order valence-corrected chi connectivity index (χ0v) is 15.0. The van der Waals surface area contributed by atoms with E-state index < -0.39 is 5.97 Å². The van der Waals surface area contributed by atoms with E-state index in [1.165, 1.54) is 11.3 Å². The average molecular weight is 364 g/mol. The number of aromatic carboxylic acids is 1. The number of hydrogen-bond donors (Lipinski definition) is 2. The van der Waals surface area contributed by atoms with Crippen molar-refractivity contribution < 1.29 is 14.7 Å². The highest BCUT2D eigenvalue weighted by Crippen LogP contribution is 2.45. The van der Waals surface area contributed by atoms with Crippen molar-refractivity contribution >= 4 is 39.8 Å². The van der Waals surface area contributed by atoms with Gasteiger partial charge in [0.15, 0.2) is 0 Å². The third kappa shape index (κ3) is 3.06. The Morgan fingerprint density at radius 3 is 2.54 bits per heavy atom. The summed E-state index contributed by atoms with van der Waals surface area (Å²) in [5.41, 5.74) is 1.58. The van der Waals surface area contributed by atoms with Crippen molar-refractivity contribution in [3.63, 3.8) is 0 Å². The molecule has 2 atom stereocenters. The third-order valence-electron chi connectivity index (χ3n) is 4.71. The maximum Gasteiger partial charge on any atom is 0.339 e. The highest BCUT2D eigenvalue weighted by atomic mass is 35.5. The summed E-state index contributed by atoms with van der Waals surface area (Å²) in [6.45, 7) is 4.20. The SMILES string of the molecule is CC1CCc2sc(NC(=O)c3ccc(Cl)cc3)c(C(=O)O)c2C1C. The van der Waals surface area contributed by atoms with Crippen LogP contribution >= 0.6 is 22.9 Å². The molecular weight excluding hydrogens is 346 g/mol. The first kappa shape index (κ1) is 17.0. The van der Waals surface area contributed by atoms with E-state index in [-0.39, 0.29) is 17.4 Å². The van der Waals surface area contributed by atoms with Crippen molar-refractivity contribution in [3.8, 4) is 0 Å². The normalized spacial score (nSPS) is 19.6. The Hall–Kier alpha value is -1.85. The third-order valence-corrected chi connectivity index (χ3v) is 6.14. The number of benzene rings is 1. The number of hydrogen-bond acceptors (Lipinski definition) is 3. The average Bonchev–Trinajstić information content (AvgIpc) is 2.90. The van der Waals surface area contributed by atoms with Crippen LogP contribution < -0.4 is 5.32 Å². The number of carbonyl (C=O) groups excluding carboxylic acids is 1. The molecular formula is C18H18ClNO3S. The largest absolute Gasteiger partial charge is 0.478 e. The molecule has 6 heteroatoms. The van der Waals surface area contributed by atoms with Gasteiger partial charge in [-0.2, -0.15) is 0 Å². The van der Waals surface area contributed by atoms with Crippen LogP contribution in [0.25, 0.3) is 0 Å². The van der Waals surface area contributed by atoms with Crippen LogP contribution in [0.5, 0.6) is 0 Å². The zero-order chi connectivity index (χ0) is 17.4. The highest BCUT2D eigenvalue weighted by molar-refractivity contribution is 7.17. The van der Waals surface area contributed by atoms with Crippen molar-refractivity contribution in [1.82, 2.24) is 0 Å². The Morgan fingerprint density at radius 2 is 1.92 bits per heavy atom. The molecule has 0 radical (unpaired) electrons. The fourth-order valence-corrected chi connectivity index (χ4v) is 4.56. The summed E-state index contributed by atoms with van der Waals surface area (Å²) in [5, 5.41) is 13.4. The molecule has 0 spiro atoms. The van der Waals surface area contributed by atoms with E-state index in [0.717, 1.165) is 23.3 Å². The lowest BCUT2D eigenvalue weighted by atomic mass is 9.79. The lowest BCUT2D eigenvalue weighted by molar-refractivity contribution is 0.0696. The Morgan fingerprint density at radius 1 is 1.25 bits per heavy atom. The summed E-state index contributed by atoms with van der Waals surface area (Å²) in [7, 11) is 0. The van der Waals surface area contributed by atoms with Crippen LogP contribution in [-0.2, 0) is 6.42 Å². The highest BCUT2D eigenvalue weighted by Gasteiger charge is 2.33. The number of rotatable bonds is 3. The summed E-state index contributed by atoms with van der Waals surface area (Å²) in [5.74, 6) is -0.698. The number of fused-ring (bicyclic) bond motifs is 1. The molecule has 1 aliphatic rings. The second kappa shape index (κ2) is 6.57. The quantitative estimate of drug-likeness (QED) is 0.802. The molecule has 0 saturated carbocycles. The molecule has 1 aliphatic carbocycles. The van der Waals surface area contributed by atoms with Gasteiger partial charge in [-0.15, -0.1) is 11.3 Å². The van der Waals surface area contributed by atoms with Gasteiger partial charge < -0.3 is 10.4 Å². The fourth-order valence-electron chi connectivity index (χ4n) is 3.13. The number of thiophene rings is 1. The number of carbonyl (C=O) groups is 2. The molecule has 3 rings (SSSR count). The Labute approximate surface area is 149 Å². The van der Waals surface area contributed by atoms with Crippen LogP contribution in [0.3, 0.4) is 0 Å². The number of carboxylic acids is 1. The van der Waals surface area contributed by atoms with E-state index in [1.54, 1.807) is 24.3 Å². The topological polar surface area (TPSA) is 66.4 Å². The zero-order valence-electron chi connectivity index (χ0n) is 13.4.